The fraction of sp³-hybridized carbons (Fsp3) is 0.200. The van der Waals surface area contributed by atoms with Crippen LogP contribution in [0.25, 0.3) is 10.1 Å². The highest BCUT2D eigenvalue weighted by Crippen LogP contribution is 2.34. The normalized spacial score (nSPS) is 11.0. The summed E-state index contributed by atoms with van der Waals surface area (Å²) in [7, 11) is 0. The van der Waals surface area contributed by atoms with E-state index in [1.165, 1.54) is 15.6 Å². The summed E-state index contributed by atoms with van der Waals surface area (Å²) in [5.74, 6) is 0. The van der Waals surface area contributed by atoms with Gasteiger partial charge in [-0.25, -0.2) is 0 Å². The highest BCUT2D eigenvalue weighted by molar-refractivity contribution is 9.10. The van der Waals surface area contributed by atoms with Crippen LogP contribution in [0.3, 0.4) is 0 Å². The van der Waals surface area contributed by atoms with Crippen molar-refractivity contribution in [3.8, 4) is 0 Å². The highest BCUT2D eigenvalue weighted by Gasteiger charge is 2.07. The van der Waals surface area contributed by atoms with Gasteiger partial charge in [0.1, 0.15) is 0 Å². The van der Waals surface area contributed by atoms with E-state index in [-0.39, 0.29) is 6.61 Å². The lowest BCUT2D eigenvalue weighted by Gasteiger charge is -2.01. The number of hydrogen-bond acceptors (Lipinski definition) is 2. The number of fused-ring (bicyclic) bond motifs is 1. The van der Waals surface area contributed by atoms with E-state index in [2.05, 4.69) is 28.2 Å². The summed E-state index contributed by atoms with van der Waals surface area (Å²) in [5, 5.41) is 12.4. The van der Waals surface area contributed by atoms with Crippen LogP contribution in [0.15, 0.2) is 22.0 Å². The third-order valence-corrected chi connectivity index (χ3v) is 4.12. The van der Waals surface area contributed by atoms with Crippen LogP contribution >= 0.6 is 27.3 Å². The van der Waals surface area contributed by atoms with E-state index >= 15 is 0 Å². The Morgan fingerprint density at radius 2 is 2.23 bits per heavy atom. The van der Waals surface area contributed by atoms with Crippen LogP contribution in [-0.2, 0) is 6.61 Å². The Balaban J connectivity index is 2.87. The van der Waals surface area contributed by atoms with Gasteiger partial charge in [-0.1, -0.05) is 12.1 Å². The standard InChI is InChI=1S/C10H9BrOS/c1-6-2-3-7(4-12)10-9(6)8(11)5-13-10/h2-3,5,12H,4H2,1H3. The number of aryl methyl sites for hydroxylation is 1. The van der Waals surface area contributed by atoms with Crippen LogP contribution in [0.2, 0.25) is 0 Å². The topological polar surface area (TPSA) is 20.2 Å². The van der Waals surface area contributed by atoms with Gasteiger partial charge < -0.3 is 5.11 Å². The predicted molar refractivity (Wildman–Crippen MR) is 60.2 cm³/mol. The zero-order chi connectivity index (χ0) is 9.42. The van der Waals surface area contributed by atoms with Gasteiger partial charge in [0.2, 0.25) is 0 Å². The molecule has 1 nitrogen and oxygen atoms in total. The van der Waals surface area contributed by atoms with E-state index in [4.69, 9.17) is 5.11 Å². The summed E-state index contributed by atoms with van der Waals surface area (Å²) >= 11 is 5.18. The smallest absolute Gasteiger partial charge is 0.0695 e. The van der Waals surface area contributed by atoms with Crippen LogP contribution in [0.5, 0.6) is 0 Å². The van der Waals surface area contributed by atoms with E-state index < -0.39 is 0 Å². The molecule has 0 aliphatic rings. The second-order valence-corrected chi connectivity index (χ2v) is 4.72. The molecule has 3 heteroatoms. The molecule has 2 aromatic rings. The van der Waals surface area contributed by atoms with Gasteiger partial charge >= 0.3 is 0 Å². The molecule has 0 radical (unpaired) electrons. The van der Waals surface area contributed by atoms with Crippen molar-refractivity contribution in [3.05, 3.63) is 33.1 Å². The van der Waals surface area contributed by atoms with Crippen LogP contribution < -0.4 is 0 Å². The lowest BCUT2D eigenvalue weighted by atomic mass is 10.1. The van der Waals surface area contributed by atoms with Crippen LogP contribution in [-0.4, -0.2) is 5.11 Å². The molecule has 1 N–H and O–H groups in total. The number of thiophene rings is 1. The minimum absolute atomic E-state index is 0.115. The molecule has 68 valence electrons. The molecule has 2 rings (SSSR count). The fourth-order valence-corrected chi connectivity index (χ4v) is 3.38. The van der Waals surface area contributed by atoms with E-state index in [1.807, 2.05) is 12.1 Å². The van der Waals surface area contributed by atoms with Crippen molar-refractivity contribution in [1.29, 1.82) is 0 Å². The molecule has 0 saturated heterocycles. The largest absolute Gasteiger partial charge is 0.392 e. The Morgan fingerprint density at radius 1 is 1.46 bits per heavy atom. The predicted octanol–water partition coefficient (Wildman–Crippen LogP) is 3.46. The molecule has 0 saturated carbocycles. The van der Waals surface area contributed by atoms with Gasteiger partial charge in [-0.2, -0.15) is 0 Å². The Labute approximate surface area is 89.1 Å². The Morgan fingerprint density at radius 3 is 2.92 bits per heavy atom. The van der Waals surface area contributed by atoms with Crippen LogP contribution in [0.1, 0.15) is 11.1 Å². The zero-order valence-corrected chi connectivity index (χ0v) is 9.58. The van der Waals surface area contributed by atoms with Crippen LogP contribution in [0, 0.1) is 6.92 Å². The maximum Gasteiger partial charge on any atom is 0.0695 e. The number of aliphatic hydroxyl groups excluding tert-OH is 1. The molecule has 0 aliphatic carbocycles. The number of halogens is 1. The summed E-state index contributed by atoms with van der Waals surface area (Å²) in [5.41, 5.74) is 2.26. The first-order valence-corrected chi connectivity index (χ1v) is 5.67. The SMILES string of the molecule is Cc1ccc(CO)c2scc(Br)c12. The minimum atomic E-state index is 0.115. The molecule has 0 unspecified atom stereocenters. The molecular weight excluding hydrogens is 248 g/mol. The maximum atomic E-state index is 9.13. The summed E-state index contributed by atoms with van der Waals surface area (Å²) in [6.45, 7) is 2.20. The molecule has 13 heavy (non-hydrogen) atoms. The van der Waals surface area contributed by atoms with Gasteiger partial charge in [-0.3, -0.25) is 0 Å². The summed E-state index contributed by atoms with van der Waals surface area (Å²) in [6, 6.07) is 4.03. The Bertz CT molecular complexity index is 447. The number of hydrogen-bond donors (Lipinski definition) is 1. The van der Waals surface area contributed by atoms with Gasteiger partial charge in [0.25, 0.3) is 0 Å². The Kier molecular flexibility index (Phi) is 2.41. The monoisotopic (exact) mass is 256 g/mol. The summed E-state index contributed by atoms with van der Waals surface area (Å²) in [6.07, 6.45) is 0. The lowest BCUT2D eigenvalue weighted by molar-refractivity contribution is 0.283. The van der Waals surface area contributed by atoms with Gasteiger partial charge in [-0.05, 0) is 34.0 Å². The first-order valence-electron chi connectivity index (χ1n) is 4.00. The number of benzene rings is 1. The molecule has 1 aromatic carbocycles. The van der Waals surface area contributed by atoms with Crippen molar-refractivity contribution in [2.24, 2.45) is 0 Å². The molecule has 0 bridgehead atoms. The van der Waals surface area contributed by atoms with Crippen LogP contribution in [0.4, 0.5) is 0 Å². The van der Waals surface area contributed by atoms with Gasteiger partial charge in [-0.15, -0.1) is 11.3 Å². The molecule has 0 spiro atoms. The second-order valence-electron chi connectivity index (χ2n) is 2.99. The molecule has 1 heterocycles. The molecule has 0 fully saturated rings. The fourth-order valence-electron chi connectivity index (χ4n) is 1.45. The van der Waals surface area contributed by atoms with Crippen molar-refractivity contribution < 1.29 is 5.11 Å². The van der Waals surface area contributed by atoms with Crippen molar-refractivity contribution in [2.45, 2.75) is 13.5 Å². The summed E-state index contributed by atoms with van der Waals surface area (Å²) in [4.78, 5) is 0. The van der Waals surface area contributed by atoms with Gasteiger partial charge in [0, 0.05) is 19.9 Å². The highest BCUT2D eigenvalue weighted by atomic mass is 79.9. The van der Waals surface area contributed by atoms with Crippen molar-refractivity contribution in [2.75, 3.05) is 0 Å². The number of rotatable bonds is 1. The zero-order valence-electron chi connectivity index (χ0n) is 7.17. The molecule has 1 aromatic heterocycles. The second kappa shape index (κ2) is 3.40. The maximum absolute atomic E-state index is 9.13. The van der Waals surface area contributed by atoms with E-state index in [1.54, 1.807) is 11.3 Å². The van der Waals surface area contributed by atoms with Gasteiger partial charge in [0.15, 0.2) is 0 Å². The molecular formula is C10H9BrOS. The average Bonchev–Trinajstić information content (AvgIpc) is 2.50. The molecule has 0 amide bonds. The lowest BCUT2D eigenvalue weighted by Crippen LogP contribution is -1.84. The van der Waals surface area contributed by atoms with Crippen molar-refractivity contribution in [3.63, 3.8) is 0 Å². The number of aliphatic hydroxyl groups is 1. The molecule has 0 aliphatic heterocycles. The van der Waals surface area contributed by atoms with E-state index in [0.29, 0.717) is 0 Å². The quantitative estimate of drug-likeness (QED) is 0.829. The first kappa shape index (κ1) is 9.19. The van der Waals surface area contributed by atoms with Crippen molar-refractivity contribution >= 4 is 37.4 Å². The van der Waals surface area contributed by atoms with E-state index in [9.17, 15) is 0 Å². The summed E-state index contributed by atoms with van der Waals surface area (Å²) < 4.78 is 2.31. The third kappa shape index (κ3) is 1.41. The minimum Gasteiger partial charge on any atom is -0.392 e. The molecule has 0 atom stereocenters. The average molecular weight is 257 g/mol. The van der Waals surface area contributed by atoms with Gasteiger partial charge in [0.05, 0.1) is 6.61 Å². The first-order chi connectivity index (χ1) is 6.24. The van der Waals surface area contributed by atoms with E-state index in [0.717, 1.165) is 10.0 Å². The third-order valence-electron chi connectivity index (χ3n) is 2.14. The Hall–Kier alpha value is -0.380. The van der Waals surface area contributed by atoms with Crippen molar-refractivity contribution in [1.82, 2.24) is 0 Å².